The zero-order valence-electron chi connectivity index (χ0n) is 15.8. The summed E-state index contributed by atoms with van der Waals surface area (Å²) in [5, 5.41) is 6.97. The first kappa shape index (κ1) is 17.9. The van der Waals surface area contributed by atoms with Crippen LogP contribution in [0.1, 0.15) is 25.5 Å². The highest BCUT2D eigenvalue weighted by Crippen LogP contribution is 2.47. The first-order chi connectivity index (χ1) is 14.0. The summed E-state index contributed by atoms with van der Waals surface area (Å²) in [5.41, 5.74) is 1.65. The quantitative estimate of drug-likeness (QED) is 0.674. The summed E-state index contributed by atoms with van der Waals surface area (Å²) in [6.45, 7) is 2.59. The fourth-order valence-electron chi connectivity index (χ4n) is 3.59. The molecule has 2 aromatic heterocycles. The predicted octanol–water partition coefficient (Wildman–Crippen LogP) is 3.34. The molecule has 0 radical (unpaired) electrons. The smallest absolute Gasteiger partial charge is 0.323 e. The summed E-state index contributed by atoms with van der Waals surface area (Å²) in [4.78, 5) is 27.3. The van der Waals surface area contributed by atoms with Gasteiger partial charge in [-0.25, -0.2) is 14.8 Å². The van der Waals surface area contributed by atoms with Gasteiger partial charge in [0.05, 0.1) is 23.6 Å². The number of carbonyl (C=O) groups is 1. The van der Waals surface area contributed by atoms with Crippen molar-refractivity contribution in [1.29, 1.82) is 0 Å². The number of anilines is 2. The maximum absolute atomic E-state index is 12.1. The summed E-state index contributed by atoms with van der Waals surface area (Å²) in [5.74, 6) is 1.08. The number of nitrogens with zero attached hydrogens (tertiary/aromatic N) is 5. The summed E-state index contributed by atoms with van der Waals surface area (Å²) >= 11 is 5.98. The molecule has 0 bridgehead atoms. The Kier molecular flexibility index (Phi) is 4.16. The zero-order valence-corrected chi connectivity index (χ0v) is 16.6. The monoisotopic (exact) mass is 409 g/mol. The van der Waals surface area contributed by atoms with E-state index in [1.807, 2.05) is 42.0 Å². The molecular weight excluding hydrogens is 390 g/mol. The molecule has 9 heteroatoms. The maximum Gasteiger partial charge on any atom is 0.323 e. The molecule has 2 N–H and O–H groups in total. The highest BCUT2D eigenvalue weighted by atomic mass is 35.5. The van der Waals surface area contributed by atoms with Crippen LogP contribution in [0.4, 0.5) is 16.6 Å². The summed E-state index contributed by atoms with van der Waals surface area (Å²) in [6, 6.07) is 9.29. The van der Waals surface area contributed by atoms with Crippen molar-refractivity contribution in [3.05, 3.63) is 59.8 Å². The van der Waals surface area contributed by atoms with Gasteiger partial charge in [-0.2, -0.15) is 4.98 Å². The normalized spacial score (nSPS) is 19.9. The maximum atomic E-state index is 12.1. The summed E-state index contributed by atoms with van der Waals surface area (Å²) < 4.78 is 1.97. The molecule has 1 aliphatic carbocycles. The second kappa shape index (κ2) is 6.73. The summed E-state index contributed by atoms with van der Waals surface area (Å²) in [6.07, 6.45) is 7.37. The molecule has 2 aliphatic rings. The Morgan fingerprint density at radius 1 is 1.21 bits per heavy atom. The number of rotatable bonds is 5. The number of imidazole rings is 1. The number of halogens is 1. The van der Waals surface area contributed by atoms with E-state index in [1.54, 1.807) is 23.5 Å². The van der Waals surface area contributed by atoms with E-state index in [0.717, 1.165) is 24.2 Å². The van der Waals surface area contributed by atoms with E-state index in [-0.39, 0.29) is 17.6 Å². The number of urea groups is 1. The van der Waals surface area contributed by atoms with Crippen molar-refractivity contribution in [3.8, 4) is 5.69 Å². The van der Waals surface area contributed by atoms with Gasteiger partial charge in [0.1, 0.15) is 5.82 Å². The molecule has 29 heavy (non-hydrogen) atoms. The average Bonchev–Trinajstić information content (AvgIpc) is 3.17. The van der Waals surface area contributed by atoms with Gasteiger partial charge in [0.15, 0.2) is 0 Å². The van der Waals surface area contributed by atoms with Gasteiger partial charge in [-0.15, -0.1) is 0 Å². The van der Waals surface area contributed by atoms with Crippen LogP contribution in [-0.2, 0) is 5.54 Å². The van der Waals surface area contributed by atoms with Crippen LogP contribution in [-0.4, -0.2) is 38.1 Å². The summed E-state index contributed by atoms with van der Waals surface area (Å²) in [7, 11) is 0. The molecule has 0 unspecified atom stereocenters. The molecule has 1 saturated heterocycles. The van der Waals surface area contributed by atoms with Crippen LogP contribution >= 0.6 is 11.6 Å². The van der Waals surface area contributed by atoms with Crippen molar-refractivity contribution in [2.45, 2.75) is 31.3 Å². The lowest BCUT2D eigenvalue weighted by Gasteiger charge is -2.20. The van der Waals surface area contributed by atoms with Crippen molar-refractivity contribution < 1.29 is 4.79 Å². The number of amides is 2. The average molecular weight is 410 g/mol. The molecule has 2 amide bonds. The lowest BCUT2D eigenvalue weighted by molar-refractivity contribution is 0.251. The second-order valence-corrected chi connectivity index (χ2v) is 7.93. The first-order valence-corrected chi connectivity index (χ1v) is 9.91. The van der Waals surface area contributed by atoms with Crippen molar-refractivity contribution in [2.24, 2.45) is 0 Å². The molecule has 3 aromatic rings. The molecule has 8 nitrogen and oxygen atoms in total. The van der Waals surface area contributed by atoms with Gasteiger partial charge in [-0.3, -0.25) is 4.90 Å². The third kappa shape index (κ3) is 3.29. The predicted molar refractivity (Wildman–Crippen MR) is 110 cm³/mol. The molecule has 1 aliphatic heterocycles. The second-order valence-electron chi connectivity index (χ2n) is 7.49. The molecule has 1 atom stereocenters. The van der Waals surface area contributed by atoms with Crippen molar-refractivity contribution >= 4 is 29.4 Å². The SMILES string of the molecule is C[C@H]1CNC(=O)N1c1ccnc(NC2(c3cn(-c4ccc(Cl)cc4)cn3)CC2)n1. The van der Waals surface area contributed by atoms with Crippen LogP contribution in [0.2, 0.25) is 5.02 Å². The van der Waals surface area contributed by atoms with Crippen molar-refractivity contribution in [2.75, 3.05) is 16.8 Å². The topological polar surface area (TPSA) is 88.0 Å². The lowest BCUT2D eigenvalue weighted by Crippen LogP contribution is -2.33. The molecule has 0 spiro atoms. The number of hydrogen-bond acceptors (Lipinski definition) is 5. The molecule has 2 fully saturated rings. The molecule has 1 saturated carbocycles. The minimum absolute atomic E-state index is 0.0511. The van der Waals surface area contributed by atoms with E-state index in [1.165, 1.54) is 0 Å². The zero-order chi connectivity index (χ0) is 20.0. The molecule has 1 aromatic carbocycles. The Morgan fingerprint density at radius 2 is 2.00 bits per heavy atom. The molecule has 3 heterocycles. The molecule has 5 rings (SSSR count). The van der Waals surface area contributed by atoms with E-state index in [2.05, 4.69) is 25.6 Å². The van der Waals surface area contributed by atoms with Gasteiger partial charge in [0, 0.05) is 29.6 Å². The van der Waals surface area contributed by atoms with Crippen LogP contribution in [0.5, 0.6) is 0 Å². The third-order valence-corrected chi connectivity index (χ3v) is 5.65. The minimum Gasteiger partial charge on any atom is -0.343 e. The highest BCUT2D eigenvalue weighted by Gasteiger charge is 2.47. The fraction of sp³-hybridized carbons (Fsp3) is 0.300. The Bertz CT molecular complexity index is 1060. The Morgan fingerprint density at radius 3 is 2.69 bits per heavy atom. The number of aromatic nitrogens is 4. The number of nitrogens with one attached hydrogen (secondary N) is 2. The molecular formula is C20H20ClN7O. The Hall–Kier alpha value is -3.13. The highest BCUT2D eigenvalue weighted by molar-refractivity contribution is 6.30. The molecule has 148 valence electrons. The number of hydrogen-bond donors (Lipinski definition) is 2. The Labute approximate surface area is 172 Å². The van der Waals surface area contributed by atoms with E-state index in [4.69, 9.17) is 11.6 Å². The van der Waals surface area contributed by atoms with Crippen LogP contribution in [0, 0.1) is 0 Å². The number of benzene rings is 1. The van der Waals surface area contributed by atoms with E-state index >= 15 is 0 Å². The van der Waals surface area contributed by atoms with Gasteiger partial charge in [0.25, 0.3) is 0 Å². The first-order valence-electron chi connectivity index (χ1n) is 9.53. The number of carbonyl (C=O) groups excluding carboxylic acids is 1. The van der Waals surface area contributed by atoms with Gasteiger partial charge in [-0.05, 0) is 50.1 Å². The van der Waals surface area contributed by atoms with Crippen LogP contribution in [0.25, 0.3) is 5.69 Å². The van der Waals surface area contributed by atoms with Gasteiger partial charge in [0.2, 0.25) is 5.95 Å². The van der Waals surface area contributed by atoms with Crippen LogP contribution < -0.4 is 15.5 Å². The van der Waals surface area contributed by atoms with E-state index in [0.29, 0.717) is 23.3 Å². The van der Waals surface area contributed by atoms with E-state index in [9.17, 15) is 4.79 Å². The van der Waals surface area contributed by atoms with Gasteiger partial charge >= 0.3 is 6.03 Å². The third-order valence-electron chi connectivity index (χ3n) is 5.39. The minimum atomic E-state index is -0.283. The van der Waals surface area contributed by atoms with Gasteiger partial charge < -0.3 is 15.2 Å². The van der Waals surface area contributed by atoms with E-state index < -0.39 is 0 Å². The van der Waals surface area contributed by atoms with Crippen molar-refractivity contribution in [1.82, 2.24) is 24.8 Å². The van der Waals surface area contributed by atoms with Crippen LogP contribution in [0.15, 0.2) is 49.1 Å². The Balaban J connectivity index is 1.38. The van der Waals surface area contributed by atoms with Crippen molar-refractivity contribution in [3.63, 3.8) is 0 Å². The lowest BCUT2D eigenvalue weighted by atomic mass is 10.2. The van der Waals surface area contributed by atoms with Gasteiger partial charge in [-0.1, -0.05) is 11.6 Å². The standard InChI is InChI=1S/C20H20ClN7O/c1-13-10-23-19(29)28(13)17-6-9-22-18(25-17)26-20(7-8-20)16-11-27(12-24-16)15-4-2-14(21)3-5-15/h2-6,9,11-13H,7-8,10H2,1H3,(H,23,29)(H,22,25,26)/t13-/m0/s1. The fourth-order valence-corrected chi connectivity index (χ4v) is 3.72. The van der Waals surface area contributed by atoms with Crippen LogP contribution in [0.3, 0.4) is 0 Å². The largest absolute Gasteiger partial charge is 0.343 e.